The van der Waals surface area contributed by atoms with Crippen LogP contribution in [0.25, 0.3) is 0 Å². The van der Waals surface area contributed by atoms with Crippen molar-refractivity contribution >= 4 is 39.5 Å². The molecule has 0 bridgehead atoms. The first kappa shape index (κ1) is 80.1. The molecule has 0 saturated heterocycles. The summed E-state index contributed by atoms with van der Waals surface area (Å²) < 4.78 is 67.9. The van der Waals surface area contributed by atoms with Crippen molar-refractivity contribution in [1.29, 1.82) is 0 Å². The molecule has 0 aliphatic heterocycles. The molecule has 0 aliphatic carbocycles. The van der Waals surface area contributed by atoms with Crippen LogP contribution in [0.4, 0.5) is 0 Å². The Morgan fingerprint density at radius 3 is 0.927 bits per heavy atom. The fourth-order valence-corrected chi connectivity index (χ4v) is 10.9. The lowest BCUT2D eigenvalue weighted by molar-refractivity contribution is -0.161. The zero-order chi connectivity index (χ0) is 61.0. The summed E-state index contributed by atoms with van der Waals surface area (Å²) in [5.41, 5.74) is 0. The highest BCUT2D eigenvalue weighted by molar-refractivity contribution is 7.47. The molecule has 0 fully saturated rings. The molecule has 0 saturated carbocycles. The lowest BCUT2D eigenvalue weighted by Gasteiger charge is -2.21. The van der Waals surface area contributed by atoms with Gasteiger partial charge in [-0.1, -0.05) is 254 Å². The first-order chi connectivity index (χ1) is 39.3. The van der Waals surface area contributed by atoms with Crippen LogP contribution < -0.4 is 0 Å². The van der Waals surface area contributed by atoms with E-state index < -0.39 is 97.5 Å². The molecule has 0 aliphatic rings. The Balaban J connectivity index is 5.25. The summed E-state index contributed by atoms with van der Waals surface area (Å²) in [5.74, 6) is 0.0230. The summed E-state index contributed by atoms with van der Waals surface area (Å²) in [4.78, 5) is 72.1. The van der Waals surface area contributed by atoms with Crippen LogP contribution in [0.5, 0.6) is 0 Å². The minimum absolute atomic E-state index is 0.104. The van der Waals surface area contributed by atoms with Crippen molar-refractivity contribution in [3.63, 3.8) is 0 Å². The van der Waals surface area contributed by atoms with Crippen LogP contribution in [0.2, 0.25) is 0 Å². The van der Waals surface area contributed by atoms with E-state index in [9.17, 15) is 43.2 Å². The molecular formula is C63H122O17P2. The molecule has 82 heavy (non-hydrogen) atoms. The molecule has 0 rings (SSSR count). The minimum atomic E-state index is -4.94. The third-order valence-corrected chi connectivity index (χ3v) is 16.6. The first-order valence-electron chi connectivity index (χ1n) is 32.9. The molecule has 0 aromatic heterocycles. The number of hydrogen-bond donors (Lipinski definition) is 3. The summed E-state index contributed by atoms with van der Waals surface area (Å²) in [6.45, 7) is 11.6. The van der Waals surface area contributed by atoms with E-state index in [-0.39, 0.29) is 25.7 Å². The van der Waals surface area contributed by atoms with Gasteiger partial charge in [0.2, 0.25) is 0 Å². The molecule has 0 amide bonds. The molecule has 486 valence electrons. The van der Waals surface area contributed by atoms with Gasteiger partial charge in [0.1, 0.15) is 19.3 Å². The summed E-state index contributed by atoms with van der Waals surface area (Å²) >= 11 is 0. The Kier molecular flexibility index (Phi) is 53.2. The van der Waals surface area contributed by atoms with E-state index in [1.165, 1.54) is 103 Å². The summed E-state index contributed by atoms with van der Waals surface area (Å²) in [5, 5.41) is 10.5. The van der Waals surface area contributed by atoms with Crippen molar-refractivity contribution in [2.45, 2.75) is 324 Å². The number of ether oxygens (including phenoxy) is 4. The molecule has 0 heterocycles. The highest BCUT2D eigenvalue weighted by atomic mass is 31.2. The molecule has 3 N–H and O–H groups in total. The van der Waals surface area contributed by atoms with Crippen LogP contribution in [-0.4, -0.2) is 96.7 Å². The molecule has 3 unspecified atom stereocenters. The van der Waals surface area contributed by atoms with Gasteiger partial charge in [-0.3, -0.25) is 37.3 Å². The lowest BCUT2D eigenvalue weighted by Crippen LogP contribution is -2.30. The second-order valence-corrected chi connectivity index (χ2v) is 26.9. The minimum Gasteiger partial charge on any atom is -0.462 e. The molecule has 0 aromatic carbocycles. The average Bonchev–Trinajstić information content (AvgIpc) is 3.45. The Bertz CT molecular complexity index is 1630. The normalized spacial score (nSPS) is 14.7. The second-order valence-electron chi connectivity index (χ2n) is 24.0. The lowest BCUT2D eigenvalue weighted by atomic mass is 10.00. The number of hydrogen-bond acceptors (Lipinski definition) is 15. The predicted octanol–water partition coefficient (Wildman–Crippen LogP) is 17.1. The third kappa shape index (κ3) is 55.9. The van der Waals surface area contributed by atoms with E-state index in [0.29, 0.717) is 31.6 Å². The Labute approximate surface area is 498 Å². The van der Waals surface area contributed by atoms with E-state index in [1.807, 2.05) is 0 Å². The van der Waals surface area contributed by atoms with Crippen molar-refractivity contribution in [2.24, 2.45) is 17.8 Å². The SMILES string of the molecule is CCCCCCCCCCCCC(=O)O[C@H](COC(=O)CCCCCCCCC(C)C)COP(=O)(O)OC[C@H](O)COP(=O)(O)OC[C@@H](COC(=O)CCCCCCCCC(C)CC)OC(=O)CCCCCCCCCCCCC(C)C. The number of unbranched alkanes of at least 4 members (excludes halogenated alkanes) is 28. The highest BCUT2D eigenvalue weighted by Crippen LogP contribution is 2.45. The number of aliphatic hydroxyl groups is 1. The second kappa shape index (κ2) is 54.5. The van der Waals surface area contributed by atoms with E-state index in [0.717, 1.165) is 115 Å². The van der Waals surface area contributed by atoms with Gasteiger partial charge in [0.25, 0.3) is 0 Å². The van der Waals surface area contributed by atoms with E-state index >= 15 is 0 Å². The van der Waals surface area contributed by atoms with Gasteiger partial charge >= 0.3 is 39.5 Å². The van der Waals surface area contributed by atoms with Gasteiger partial charge in [-0.05, 0) is 43.4 Å². The predicted molar refractivity (Wildman–Crippen MR) is 326 cm³/mol. The van der Waals surface area contributed by atoms with E-state index in [4.69, 9.17) is 37.0 Å². The van der Waals surface area contributed by atoms with Gasteiger partial charge in [0.05, 0.1) is 26.4 Å². The van der Waals surface area contributed by atoms with E-state index in [1.54, 1.807) is 0 Å². The number of phosphoric ester groups is 2. The topological polar surface area (TPSA) is 237 Å². The summed E-state index contributed by atoms with van der Waals surface area (Å²) in [6.07, 6.45) is 34.9. The van der Waals surface area contributed by atoms with Gasteiger partial charge in [-0.15, -0.1) is 0 Å². The Morgan fingerprint density at radius 1 is 0.354 bits per heavy atom. The molecule has 0 radical (unpaired) electrons. The van der Waals surface area contributed by atoms with E-state index in [2.05, 4.69) is 48.5 Å². The standard InChI is InChI=1S/C63H122O17P2/c1-8-10-11-12-13-14-18-21-32-39-46-62(67)79-58(50-73-60(65)44-37-30-25-23-28-35-42-55(5)6)52-77-81(69,70)75-48-57(64)49-76-82(71,72)78-53-59(51-74-61(66)45-38-31-26-24-29-36-43-56(7)9-2)80-63(68)47-40-33-22-19-16-15-17-20-27-34-41-54(3)4/h54-59,64H,8-53H2,1-7H3,(H,69,70)(H,71,72)/t56?,57-,58+,59+/m0/s1. The number of rotatable bonds is 61. The van der Waals surface area contributed by atoms with Crippen LogP contribution in [0, 0.1) is 17.8 Å². The molecule has 0 aromatic rings. The fraction of sp³-hybridized carbons (Fsp3) is 0.937. The Hall–Kier alpha value is -1.94. The largest absolute Gasteiger partial charge is 0.472 e. The molecule has 17 nitrogen and oxygen atoms in total. The first-order valence-corrected chi connectivity index (χ1v) is 35.9. The van der Waals surface area contributed by atoms with Crippen LogP contribution in [0.1, 0.15) is 305 Å². The maximum Gasteiger partial charge on any atom is 0.472 e. The van der Waals surface area contributed by atoms with Gasteiger partial charge in [-0.25, -0.2) is 9.13 Å². The Morgan fingerprint density at radius 2 is 0.622 bits per heavy atom. The number of carbonyl (C=O) groups excluding carboxylic acids is 4. The average molecular weight is 1210 g/mol. The zero-order valence-corrected chi connectivity index (χ0v) is 54.7. The van der Waals surface area contributed by atoms with Gasteiger partial charge in [-0.2, -0.15) is 0 Å². The van der Waals surface area contributed by atoms with Gasteiger partial charge < -0.3 is 33.8 Å². The molecular weight excluding hydrogens is 1090 g/mol. The number of aliphatic hydroxyl groups excluding tert-OH is 1. The van der Waals surface area contributed by atoms with Crippen LogP contribution >= 0.6 is 15.6 Å². The van der Waals surface area contributed by atoms with Crippen LogP contribution in [0.15, 0.2) is 0 Å². The summed E-state index contributed by atoms with van der Waals surface area (Å²) in [6, 6.07) is 0. The number of carbonyl (C=O) groups is 4. The smallest absolute Gasteiger partial charge is 0.462 e. The van der Waals surface area contributed by atoms with Crippen molar-refractivity contribution in [3.8, 4) is 0 Å². The summed E-state index contributed by atoms with van der Waals surface area (Å²) in [7, 11) is -9.88. The van der Waals surface area contributed by atoms with Crippen LogP contribution in [0.3, 0.4) is 0 Å². The molecule has 0 spiro atoms. The highest BCUT2D eigenvalue weighted by Gasteiger charge is 2.30. The monoisotopic (exact) mass is 1210 g/mol. The van der Waals surface area contributed by atoms with Crippen molar-refractivity contribution in [3.05, 3.63) is 0 Å². The zero-order valence-electron chi connectivity index (χ0n) is 52.9. The van der Waals surface area contributed by atoms with Crippen molar-refractivity contribution < 1.29 is 80.2 Å². The van der Waals surface area contributed by atoms with Crippen molar-refractivity contribution in [2.75, 3.05) is 39.6 Å². The van der Waals surface area contributed by atoms with Gasteiger partial charge in [0.15, 0.2) is 12.2 Å². The molecule has 19 heteroatoms. The van der Waals surface area contributed by atoms with Crippen molar-refractivity contribution in [1.82, 2.24) is 0 Å². The fourth-order valence-electron chi connectivity index (χ4n) is 9.27. The van der Waals surface area contributed by atoms with Crippen LogP contribution in [-0.2, 0) is 65.4 Å². The quantitative estimate of drug-likeness (QED) is 0.0222. The number of phosphoric acid groups is 2. The third-order valence-electron chi connectivity index (χ3n) is 14.7. The number of esters is 4. The maximum atomic E-state index is 13.0. The molecule has 6 atom stereocenters. The van der Waals surface area contributed by atoms with Gasteiger partial charge in [0, 0.05) is 25.7 Å². The maximum absolute atomic E-state index is 13.0.